The molecule has 0 saturated heterocycles. The van der Waals surface area contributed by atoms with Crippen molar-refractivity contribution in [1.82, 2.24) is 5.32 Å². The summed E-state index contributed by atoms with van der Waals surface area (Å²) in [6, 6.07) is 5.77. The fourth-order valence-electron chi connectivity index (χ4n) is 1.38. The molecule has 0 radical (unpaired) electrons. The van der Waals surface area contributed by atoms with Gasteiger partial charge in [0.1, 0.15) is 0 Å². The summed E-state index contributed by atoms with van der Waals surface area (Å²) in [6.07, 6.45) is 2.60. The first-order valence-corrected chi connectivity index (χ1v) is 5.12. The van der Waals surface area contributed by atoms with Gasteiger partial charge < -0.3 is 5.32 Å². The van der Waals surface area contributed by atoms with Crippen molar-refractivity contribution < 1.29 is 4.79 Å². The highest BCUT2D eigenvalue weighted by Crippen LogP contribution is 2.12. The molecule has 2 nitrogen and oxygen atoms in total. The standard InChI is InChI=1S/C13H17NO/c1-4-5-9-14-13(15)12-8-6-7-10(2)11(12)3/h4,6-8H,1,5,9H2,2-3H3,(H,14,15). The summed E-state index contributed by atoms with van der Waals surface area (Å²) in [5.74, 6) is -0.00181. The predicted octanol–water partition coefficient (Wildman–Crippen LogP) is 2.61. The molecule has 0 spiro atoms. The first kappa shape index (κ1) is 11.5. The van der Waals surface area contributed by atoms with E-state index in [1.807, 2.05) is 32.0 Å². The monoisotopic (exact) mass is 203 g/mol. The van der Waals surface area contributed by atoms with Crippen molar-refractivity contribution in [2.24, 2.45) is 0 Å². The van der Waals surface area contributed by atoms with E-state index < -0.39 is 0 Å². The van der Waals surface area contributed by atoms with Crippen LogP contribution < -0.4 is 5.32 Å². The molecule has 80 valence electrons. The molecular formula is C13H17NO. The van der Waals surface area contributed by atoms with E-state index in [4.69, 9.17) is 0 Å². The molecule has 0 aliphatic carbocycles. The minimum absolute atomic E-state index is 0.00181. The molecule has 0 atom stereocenters. The lowest BCUT2D eigenvalue weighted by Gasteiger charge is -2.08. The Morgan fingerprint density at radius 3 is 2.87 bits per heavy atom. The third-order valence-electron chi connectivity index (χ3n) is 2.48. The Morgan fingerprint density at radius 1 is 1.47 bits per heavy atom. The SMILES string of the molecule is C=CCCNC(=O)c1cccc(C)c1C. The van der Waals surface area contributed by atoms with Gasteiger partial charge in [-0.2, -0.15) is 0 Å². The van der Waals surface area contributed by atoms with E-state index in [2.05, 4.69) is 11.9 Å². The second kappa shape index (κ2) is 5.35. The highest BCUT2D eigenvalue weighted by Gasteiger charge is 2.08. The van der Waals surface area contributed by atoms with Crippen LogP contribution in [0.2, 0.25) is 0 Å². The van der Waals surface area contributed by atoms with Crippen LogP contribution in [0.5, 0.6) is 0 Å². The van der Waals surface area contributed by atoms with Gasteiger partial charge in [0.2, 0.25) is 0 Å². The van der Waals surface area contributed by atoms with Crippen molar-refractivity contribution in [1.29, 1.82) is 0 Å². The minimum atomic E-state index is -0.00181. The average Bonchev–Trinajstić information content (AvgIpc) is 2.22. The van der Waals surface area contributed by atoms with Gasteiger partial charge in [0, 0.05) is 12.1 Å². The lowest BCUT2D eigenvalue weighted by Crippen LogP contribution is -2.25. The van der Waals surface area contributed by atoms with E-state index in [0.717, 1.165) is 23.1 Å². The summed E-state index contributed by atoms with van der Waals surface area (Å²) < 4.78 is 0. The Kier molecular flexibility index (Phi) is 4.10. The quantitative estimate of drug-likeness (QED) is 0.591. The molecule has 0 aromatic heterocycles. The normalized spacial score (nSPS) is 9.73. The van der Waals surface area contributed by atoms with Gasteiger partial charge in [0.25, 0.3) is 5.91 Å². The number of aryl methyl sites for hydroxylation is 1. The Hall–Kier alpha value is -1.57. The molecule has 1 rings (SSSR count). The maximum atomic E-state index is 11.7. The molecule has 1 aromatic carbocycles. The molecule has 0 saturated carbocycles. The first-order chi connectivity index (χ1) is 7.16. The second-order valence-corrected chi connectivity index (χ2v) is 3.58. The van der Waals surface area contributed by atoms with E-state index in [9.17, 15) is 4.79 Å². The number of rotatable bonds is 4. The fourth-order valence-corrected chi connectivity index (χ4v) is 1.38. The van der Waals surface area contributed by atoms with Gasteiger partial charge in [-0.25, -0.2) is 0 Å². The van der Waals surface area contributed by atoms with Crippen LogP contribution in [0.1, 0.15) is 27.9 Å². The topological polar surface area (TPSA) is 29.1 Å². The Labute approximate surface area is 91.0 Å². The van der Waals surface area contributed by atoms with Crippen LogP contribution in [0, 0.1) is 13.8 Å². The fraction of sp³-hybridized carbons (Fsp3) is 0.308. The number of carbonyl (C=O) groups excluding carboxylic acids is 1. The smallest absolute Gasteiger partial charge is 0.251 e. The summed E-state index contributed by atoms with van der Waals surface area (Å²) in [7, 11) is 0. The molecule has 1 aromatic rings. The van der Waals surface area contributed by atoms with Gasteiger partial charge in [0.05, 0.1) is 0 Å². The third-order valence-corrected chi connectivity index (χ3v) is 2.48. The maximum absolute atomic E-state index is 11.7. The van der Waals surface area contributed by atoms with Crippen LogP contribution in [0.25, 0.3) is 0 Å². The second-order valence-electron chi connectivity index (χ2n) is 3.58. The molecule has 2 heteroatoms. The molecule has 0 aliphatic rings. The number of hydrogen-bond acceptors (Lipinski definition) is 1. The molecule has 0 heterocycles. The van der Waals surface area contributed by atoms with Crippen molar-refractivity contribution in [3.63, 3.8) is 0 Å². The van der Waals surface area contributed by atoms with Crippen LogP contribution in [-0.4, -0.2) is 12.5 Å². The summed E-state index contributed by atoms with van der Waals surface area (Å²) in [4.78, 5) is 11.7. The van der Waals surface area contributed by atoms with Gasteiger partial charge in [-0.1, -0.05) is 18.2 Å². The Bertz CT molecular complexity index is 369. The number of amides is 1. The van der Waals surface area contributed by atoms with Crippen LogP contribution in [0.4, 0.5) is 0 Å². The zero-order valence-corrected chi connectivity index (χ0v) is 9.34. The molecule has 0 aliphatic heterocycles. The molecular weight excluding hydrogens is 186 g/mol. The number of hydrogen-bond donors (Lipinski definition) is 1. The summed E-state index contributed by atoms with van der Waals surface area (Å²) in [6.45, 7) is 8.24. The van der Waals surface area contributed by atoms with Gasteiger partial charge >= 0.3 is 0 Å². The maximum Gasteiger partial charge on any atom is 0.251 e. The highest BCUT2D eigenvalue weighted by atomic mass is 16.1. The summed E-state index contributed by atoms with van der Waals surface area (Å²) >= 11 is 0. The lowest BCUT2D eigenvalue weighted by molar-refractivity contribution is 0.0953. The molecule has 0 fully saturated rings. The van der Waals surface area contributed by atoms with E-state index in [0.29, 0.717) is 6.54 Å². The molecule has 0 unspecified atom stereocenters. The van der Waals surface area contributed by atoms with Gasteiger partial charge in [-0.15, -0.1) is 6.58 Å². The first-order valence-electron chi connectivity index (χ1n) is 5.12. The number of nitrogens with one attached hydrogen (secondary N) is 1. The van der Waals surface area contributed by atoms with Gasteiger partial charge in [-0.05, 0) is 37.5 Å². The van der Waals surface area contributed by atoms with Crippen molar-refractivity contribution in [2.45, 2.75) is 20.3 Å². The van der Waals surface area contributed by atoms with E-state index in [1.165, 1.54) is 0 Å². The minimum Gasteiger partial charge on any atom is -0.352 e. The highest BCUT2D eigenvalue weighted by molar-refractivity contribution is 5.95. The van der Waals surface area contributed by atoms with E-state index in [-0.39, 0.29) is 5.91 Å². The van der Waals surface area contributed by atoms with Gasteiger partial charge in [-0.3, -0.25) is 4.79 Å². The largest absolute Gasteiger partial charge is 0.352 e. The third kappa shape index (κ3) is 2.94. The van der Waals surface area contributed by atoms with Crippen molar-refractivity contribution in [3.05, 3.63) is 47.5 Å². The van der Waals surface area contributed by atoms with E-state index >= 15 is 0 Å². The number of carbonyl (C=O) groups is 1. The van der Waals surface area contributed by atoms with Crippen LogP contribution in [0.15, 0.2) is 30.9 Å². The summed E-state index contributed by atoms with van der Waals surface area (Å²) in [5.41, 5.74) is 2.96. The predicted molar refractivity (Wildman–Crippen MR) is 63.1 cm³/mol. The number of benzene rings is 1. The van der Waals surface area contributed by atoms with Crippen LogP contribution in [0.3, 0.4) is 0 Å². The van der Waals surface area contributed by atoms with Crippen LogP contribution in [-0.2, 0) is 0 Å². The van der Waals surface area contributed by atoms with Crippen LogP contribution >= 0.6 is 0 Å². The lowest BCUT2D eigenvalue weighted by atomic mass is 10.0. The summed E-state index contributed by atoms with van der Waals surface area (Å²) in [5, 5.41) is 2.86. The molecule has 15 heavy (non-hydrogen) atoms. The van der Waals surface area contributed by atoms with E-state index in [1.54, 1.807) is 6.08 Å². The van der Waals surface area contributed by atoms with Crippen molar-refractivity contribution in [2.75, 3.05) is 6.54 Å². The Morgan fingerprint density at radius 2 is 2.20 bits per heavy atom. The van der Waals surface area contributed by atoms with Crippen molar-refractivity contribution >= 4 is 5.91 Å². The zero-order valence-electron chi connectivity index (χ0n) is 9.34. The zero-order chi connectivity index (χ0) is 11.3. The molecule has 1 amide bonds. The average molecular weight is 203 g/mol. The molecule has 0 bridgehead atoms. The molecule has 1 N–H and O–H groups in total. The van der Waals surface area contributed by atoms with Crippen molar-refractivity contribution in [3.8, 4) is 0 Å². The van der Waals surface area contributed by atoms with Gasteiger partial charge in [0.15, 0.2) is 0 Å². The Balaban J connectivity index is 2.73.